The van der Waals surface area contributed by atoms with Crippen molar-refractivity contribution in [2.45, 2.75) is 76.4 Å². The fourth-order valence-electron chi connectivity index (χ4n) is 6.22. The summed E-state index contributed by atoms with van der Waals surface area (Å²) in [6.45, 7) is 2.70. The summed E-state index contributed by atoms with van der Waals surface area (Å²) in [6.07, 6.45) is 16.5. The minimum atomic E-state index is -0.201. The average Bonchev–Trinajstić information content (AvgIpc) is 2.97. The van der Waals surface area contributed by atoms with Gasteiger partial charge in [0.2, 0.25) is 5.91 Å². The van der Waals surface area contributed by atoms with Crippen LogP contribution >= 0.6 is 0 Å². The summed E-state index contributed by atoms with van der Waals surface area (Å²) in [6, 6.07) is 15.1. The van der Waals surface area contributed by atoms with Crippen molar-refractivity contribution in [3.63, 3.8) is 0 Å². The summed E-state index contributed by atoms with van der Waals surface area (Å²) < 4.78 is 13.4. The Morgan fingerprint density at radius 2 is 1.61 bits per heavy atom. The molecular formula is C32H39FN4O. The van der Waals surface area contributed by atoms with Crippen LogP contribution in [0.3, 0.4) is 0 Å². The summed E-state index contributed by atoms with van der Waals surface area (Å²) in [7, 11) is 0. The number of aryl methyl sites for hydroxylation is 2. The van der Waals surface area contributed by atoms with Crippen molar-refractivity contribution >= 4 is 5.91 Å². The van der Waals surface area contributed by atoms with Crippen molar-refractivity contribution in [3.8, 4) is 0 Å². The van der Waals surface area contributed by atoms with E-state index in [2.05, 4.69) is 25.8 Å². The number of hydrogen-bond donors (Lipinski definition) is 0. The SMILES string of the molecule is O=C(C1CC2CCN1CC2)N(Cc1ccncc1)C(CCCc1ccc(F)cc1)CCCc1cccnc1. The summed E-state index contributed by atoms with van der Waals surface area (Å²) in [4.78, 5) is 27.3. The van der Waals surface area contributed by atoms with Crippen molar-refractivity contribution < 1.29 is 9.18 Å². The van der Waals surface area contributed by atoms with E-state index in [1.165, 1.54) is 30.5 Å². The summed E-state index contributed by atoms with van der Waals surface area (Å²) in [5, 5.41) is 0. The van der Waals surface area contributed by atoms with Crippen LogP contribution in [0.2, 0.25) is 0 Å². The fourth-order valence-corrected chi connectivity index (χ4v) is 6.22. The Morgan fingerprint density at radius 1 is 0.895 bits per heavy atom. The van der Waals surface area contributed by atoms with E-state index in [0.717, 1.165) is 69.2 Å². The Bertz CT molecular complexity index is 1130. The lowest BCUT2D eigenvalue weighted by molar-refractivity contribution is -0.145. The van der Waals surface area contributed by atoms with Gasteiger partial charge in [-0.25, -0.2) is 4.39 Å². The van der Waals surface area contributed by atoms with Gasteiger partial charge in [0.25, 0.3) is 0 Å². The summed E-state index contributed by atoms with van der Waals surface area (Å²) in [5.74, 6) is 0.770. The lowest BCUT2D eigenvalue weighted by Crippen LogP contribution is -2.57. The first-order valence-corrected chi connectivity index (χ1v) is 14.2. The minimum absolute atomic E-state index is 0.00209. The zero-order valence-electron chi connectivity index (χ0n) is 22.2. The number of fused-ring (bicyclic) bond motifs is 3. The van der Waals surface area contributed by atoms with Crippen LogP contribution in [0.5, 0.6) is 0 Å². The van der Waals surface area contributed by atoms with E-state index < -0.39 is 0 Å². The molecule has 3 aliphatic heterocycles. The third-order valence-corrected chi connectivity index (χ3v) is 8.40. The molecule has 3 saturated heterocycles. The highest BCUT2D eigenvalue weighted by Gasteiger charge is 2.40. The van der Waals surface area contributed by atoms with Crippen molar-refractivity contribution in [2.75, 3.05) is 13.1 Å². The number of pyridine rings is 2. The number of rotatable bonds is 12. The topological polar surface area (TPSA) is 49.3 Å². The lowest BCUT2D eigenvalue weighted by Gasteiger charge is -2.47. The molecule has 6 rings (SSSR count). The molecule has 3 aliphatic rings. The Balaban J connectivity index is 1.33. The van der Waals surface area contributed by atoms with Gasteiger partial charge >= 0.3 is 0 Å². The summed E-state index contributed by atoms with van der Waals surface area (Å²) >= 11 is 0. The molecule has 1 aromatic carbocycles. The molecule has 2 unspecified atom stereocenters. The Morgan fingerprint density at radius 3 is 2.24 bits per heavy atom. The first-order valence-electron chi connectivity index (χ1n) is 14.2. The number of piperidine rings is 3. The molecule has 5 heterocycles. The molecule has 38 heavy (non-hydrogen) atoms. The molecule has 5 nitrogen and oxygen atoms in total. The third kappa shape index (κ3) is 7.04. The number of hydrogen-bond acceptors (Lipinski definition) is 4. The molecule has 0 spiro atoms. The monoisotopic (exact) mass is 514 g/mol. The smallest absolute Gasteiger partial charge is 0.240 e. The maximum atomic E-state index is 14.3. The van der Waals surface area contributed by atoms with Crippen molar-refractivity contribution in [3.05, 3.63) is 95.8 Å². The Hall–Kier alpha value is -3.12. The second-order valence-electron chi connectivity index (χ2n) is 11.0. The maximum absolute atomic E-state index is 14.3. The Labute approximate surface area is 226 Å². The molecule has 0 saturated carbocycles. The molecule has 1 amide bonds. The van der Waals surface area contributed by atoms with Gasteiger partial charge in [-0.2, -0.15) is 0 Å². The average molecular weight is 515 g/mol. The predicted molar refractivity (Wildman–Crippen MR) is 148 cm³/mol. The number of halogens is 1. The van der Waals surface area contributed by atoms with Crippen LogP contribution in [0.1, 0.15) is 61.6 Å². The molecule has 2 bridgehead atoms. The van der Waals surface area contributed by atoms with E-state index >= 15 is 0 Å². The normalized spacial score (nSPS) is 21.2. The van der Waals surface area contributed by atoms with Gasteiger partial charge in [0.15, 0.2) is 0 Å². The molecule has 0 N–H and O–H groups in total. The van der Waals surface area contributed by atoms with Crippen molar-refractivity contribution in [1.82, 2.24) is 19.8 Å². The van der Waals surface area contributed by atoms with Gasteiger partial charge in [-0.05, 0) is 124 Å². The second kappa shape index (κ2) is 13.1. The molecule has 2 atom stereocenters. The number of carbonyl (C=O) groups is 1. The van der Waals surface area contributed by atoms with Crippen LogP contribution in [0.4, 0.5) is 4.39 Å². The van der Waals surface area contributed by atoms with Crippen molar-refractivity contribution in [1.29, 1.82) is 0 Å². The second-order valence-corrected chi connectivity index (χ2v) is 11.0. The highest BCUT2D eigenvalue weighted by Crippen LogP contribution is 2.34. The van der Waals surface area contributed by atoms with Crippen LogP contribution in [-0.2, 0) is 24.2 Å². The van der Waals surface area contributed by atoms with Crippen molar-refractivity contribution in [2.24, 2.45) is 5.92 Å². The maximum Gasteiger partial charge on any atom is 0.240 e. The summed E-state index contributed by atoms with van der Waals surface area (Å²) in [5.41, 5.74) is 3.50. The predicted octanol–water partition coefficient (Wildman–Crippen LogP) is 5.84. The van der Waals surface area contributed by atoms with E-state index in [1.807, 2.05) is 55.1 Å². The quantitative estimate of drug-likeness (QED) is 0.305. The number of benzene rings is 1. The fraction of sp³-hybridized carbons (Fsp3) is 0.469. The largest absolute Gasteiger partial charge is 0.334 e. The first-order chi connectivity index (χ1) is 18.7. The van der Waals surface area contributed by atoms with Gasteiger partial charge in [-0.3, -0.25) is 19.7 Å². The van der Waals surface area contributed by atoms with Crippen LogP contribution in [0.25, 0.3) is 0 Å². The van der Waals surface area contributed by atoms with Gasteiger partial charge in [0.05, 0.1) is 6.04 Å². The third-order valence-electron chi connectivity index (χ3n) is 8.40. The number of amides is 1. The molecule has 200 valence electrons. The zero-order chi connectivity index (χ0) is 26.2. The van der Waals surface area contributed by atoms with E-state index in [0.29, 0.717) is 18.4 Å². The van der Waals surface area contributed by atoms with Gasteiger partial charge in [-0.1, -0.05) is 18.2 Å². The van der Waals surface area contributed by atoms with Gasteiger partial charge in [-0.15, -0.1) is 0 Å². The van der Waals surface area contributed by atoms with Gasteiger partial charge < -0.3 is 4.90 Å². The van der Waals surface area contributed by atoms with Crippen LogP contribution < -0.4 is 0 Å². The highest BCUT2D eigenvalue weighted by molar-refractivity contribution is 5.82. The zero-order valence-corrected chi connectivity index (χ0v) is 22.2. The van der Waals surface area contributed by atoms with E-state index in [1.54, 1.807) is 0 Å². The highest BCUT2D eigenvalue weighted by atomic mass is 19.1. The molecule has 0 radical (unpaired) electrons. The number of aromatic nitrogens is 2. The van der Waals surface area contributed by atoms with E-state index in [4.69, 9.17) is 0 Å². The molecular weight excluding hydrogens is 475 g/mol. The number of carbonyl (C=O) groups excluding carboxylic acids is 1. The molecule has 6 heteroatoms. The standard InChI is InChI=1S/C32H39FN4O/c33-29-11-9-25(10-12-29)4-1-7-30(8-2-5-27-6-3-17-35-23-27)37(24-28-13-18-34-19-14-28)32(38)31-22-26-15-20-36(31)21-16-26/h3,6,9-14,17-19,23,26,30-31H,1-2,4-5,7-8,15-16,20-22,24H2. The molecule has 3 fully saturated rings. The molecule has 2 aromatic heterocycles. The number of nitrogens with zero attached hydrogens (tertiary/aromatic N) is 4. The molecule has 0 aliphatic carbocycles. The minimum Gasteiger partial charge on any atom is -0.334 e. The van der Waals surface area contributed by atoms with Crippen LogP contribution in [0, 0.1) is 11.7 Å². The first kappa shape index (κ1) is 26.5. The molecule has 3 aromatic rings. The van der Waals surface area contributed by atoms with Gasteiger partial charge in [0.1, 0.15) is 5.82 Å². The van der Waals surface area contributed by atoms with Gasteiger partial charge in [0, 0.05) is 37.4 Å². The van der Waals surface area contributed by atoms with E-state index in [-0.39, 0.29) is 17.9 Å². The van der Waals surface area contributed by atoms with Crippen LogP contribution in [0.15, 0.2) is 73.3 Å². The lowest BCUT2D eigenvalue weighted by atomic mass is 9.82. The van der Waals surface area contributed by atoms with Crippen LogP contribution in [-0.4, -0.2) is 50.8 Å². The van der Waals surface area contributed by atoms with E-state index in [9.17, 15) is 9.18 Å². The Kier molecular flexibility index (Phi) is 9.13.